The number of hydrazine groups is 1. The third-order valence-corrected chi connectivity index (χ3v) is 3.77. The van der Waals surface area contributed by atoms with Gasteiger partial charge in [-0.3, -0.25) is 20.4 Å². The first kappa shape index (κ1) is 18.7. The van der Waals surface area contributed by atoms with E-state index in [0.29, 0.717) is 17.7 Å². The fraction of sp³-hybridized carbons (Fsp3) is 0.368. The summed E-state index contributed by atoms with van der Waals surface area (Å²) < 4.78 is 15.0. The van der Waals surface area contributed by atoms with Crippen molar-refractivity contribution in [2.24, 2.45) is 5.41 Å². The second-order valence-corrected chi connectivity index (χ2v) is 7.34. The molecule has 134 valence electrons. The van der Waals surface area contributed by atoms with Crippen LogP contribution in [0, 0.1) is 25.1 Å². The maximum Gasteiger partial charge on any atom is 0.271 e. The molecule has 2 amide bonds. The lowest BCUT2D eigenvalue weighted by Crippen LogP contribution is -2.42. The molecule has 0 atom stereocenters. The van der Waals surface area contributed by atoms with Crippen LogP contribution in [0.15, 0.2) is 30.3 Å². The van der Waals surface area contributed by atoms with E-state index in [-0.39, 0.29) is 23.0 Å². The minimum absolute atomic E-state index is 0.159. The molecule has 1 heterocycles. The summed E-state index contributed by atoms with van der Waals surface area (Å²) in [5, 5.41) is 0. The molecule has 0 radical (unpaired) electrons. The first-order valence-electron chi connectivity index (χ1n) is 8.12. The van der Waals surface area contributed by atoms with E-state index in [1.54, 1.807) is 18.2 Å². The van der Waals surface area contributed by atoms with Gasteiger partial charge in [0.05, 0.1) is 5.56 Å². The quantitative estimate of drug-likeness (QED) is 0.837. The number of hydrogen-bond acceptors (Lipinski definition) is 2. The first-order valence-corrected chi connectivity index (χ1v) is 8.12. The Kier molecular flexibility index (Phi) is 5.30. The van der Waals surface area contributed by atoms with Crippen LogP contribution < -0.4 is 10.9 Å². The summed E-state index contributed by atoms with van der Waals surface area (Å²) in [6.07, 6.45) is 0.307. The second-order valence-electron chi connectivity index (χ2n) is 7.34. The van der Waals surface area contributed by atoms with Gasteiger partial charge in [-0.05, 0) is 49.6 Å². The molecule has 5 nitrogen and oxygen atoms in total. The maximum atomic E-state index is 13.1. The van der Waals surface area contributed by atoms with Crippen LogP contribution in [0.1, 0.15) is 48.9 Å². The number of nitrogens with one attached hydrogen (secondary N) is 2. The van der Waals surface area contributed by atoms with Crippen molar-refractivity contribution in [1.29, 1.82) is 0 Å². The molecule has 0 fully saturated rings. The molecule has 0 saturated heterocycles. The third kappa shape index (κ3) is 4.68. The van der Waals surface area contributed by atoms with E-state index in [1.165, 1.54) is 12.1 Å². The minimum Gasteiger partial charge on any atom is -0.318 e. The Hall–Kier alpha value is -2.63. The highest BCUT2D eigenvalue weighted by Crippen LogP contribution is 2.21. The molecule has 0 aliphatic heterocycles. The maximum absolute atomic E-state index is 13.1. The standard InChI is InChI=1S/C19H24FN3O2/c1-12-10-16(18(25)22-21-17(24)11-19(3,4)5)13(2)23(12)15-8-6-14(20)7-9-15/h6-10H,11H2,1-5H3,(H,21,24)(H,22,25). The van der Waals surface area contributed by atoms with Crippen LogP contribution in [0.25, 0.3) is 5.69 Å². The first-order chi connectivity index (χ1) is 11.6. The van der Waals surface area contributed by atoms with E-state index in [4.69, 9.17) is 0 Å². The average molecular weight is 345 g/mol. The Morgan fingerprint density at radius 2 is 1.68 bits per heavy atom. The lowest BCUT2D eigenvalue weighted by Gasteiger charge is -2.17. The van der Waals surface area contributed by atoms with E-state index in [2.05, 4.69) is 10.9 Å². The molecular weight excluding hydrogens is 321 g/mol. The molecule has 0 bridgehead atoms. The molecule has 2 N–H and O–H groups in total. The highest BCUT2D eigenvalue weighted by atomic mass is 19.1. The fourth-order valence-corrected chi connectivity index (χ4v) is 2.70. The monoisotopic (exact) mass is 345 g/mol. The van der Waals surface area contributed by atoms with Crippen LogP contribution in [0.4, 0.5) is 4.39 Å². The molecule has 1 aromatic carbocycles. The van der Waals surface area contributed by atoms with Crippen molar-refractivity contribution in [2.45, 2.75) is 41.0 Å². The van der Waals surface area contributed by atoms with Gasteiger partial charge in [0.1, 0.15) is 5.82 Å². The number of nitrogens with zero attached hydrogens (tertiary/aromatic N) is 1. The smallest absolute Gasteiger partial charge is 0.271 e. The van der Waals surface area contributed by atoms with Crippen LogP contribution in [0.2, 0.25) is 0 Å². The predicted molar refractivity (Wildman–Crippen MR) is 94.9 cm³/mol. The van der Waals surface area contributed by atoms with Crippen LogP contribution in [-0.2, 0) is 4.79 Å². The normalized spacial score (nSPS) is 11.3. The lowest BCUT2D eigenvalue weighted by molar-refractivity contribution is -0.123. The Morgan fingerprint density at radius 1 is 1.08 bits per heavy atom. The number of rotatable bonds is 3. The summed E-state index contributed by atoms with van der Waals surface area (Å²) in [6.45, 7) is 9.52. The van der Waals surface area contributed by atoms with Crippen molar-refractivity contribution in [2.75, 3.05) is 0 Å². The van der Waals surface area contributed by atoms with Gasteiger partial charge >= 0.3 is 0 Å². The number of benzene rings is 1. The number of aromatic nitrogens is 1. The van der Waals surface area contributed by atoms with Gasteiger partial charge in [-0.2, -0.15) is 0 Å². The highest BCUT2D eigenvalue weighted by Gasteiger charge is 2.19. The molecule has 2 aromatic rings. The molecule has 25 heavy (non-hydrogen) atoms. The van der Waals surface area contributed by atoms with Crippen LogP contribution in [-0.4, -0.2) is 16.4 Å². The van der Waals surface area contributed by atoms with Crippen LogP contribution >= 0.6 is 0 Å². The number of halogens is 1. The van der Waals surface area contributed by atoms with Crippen LogP contribution in [0.3, 0.4) is 0 Å². The minimum atomic E-state index is -0.385. The van der Waals surface area contributed by atoms with Crippen molar-refractivity contribution in [3.8, 4) is 5.69 Å². The van der Waals surface area contributed by atoms with Crippen molar-refractivity contribution in [3.63, 3.8) is 0 Å². The van der Waals surface area contributed by atoms with Gasteiger partial charge in [0, 0.05) is 23.5 Å². The van der Waals surface area contributed by atoms with Crippen LogP contribution in [0.5, 0.6) is 0 Å². The zero-order chi connectivity index (χ0) is 18.8. The van der Waals surface area contributed by atoms with Gasteiger partial charge in [0.25, 0.3) is 5.91 Å². The van der Waals surface area contributed by atoms with Gasteiger partial charge in [0.2, 0.25) is 5.91 Å². The molecule has 6 heteroatoms. The van der Waals surface area contributed by atoms with E-state index >= 15 is 0 Å². The van der Waals surface area contributed by atoms with Crippen molar-refractivity contribution >= 4 is 11.8 Å². The molecule has 0 unspecified atom stereocenters. The summed E-state index contributed by atoms with van der Waals surface area (Å²) in [4.78, 5) is 24.2. The van der Waals surface area contributed by atoms with Gasteiger partial charge in [-0.1, -0.05) is 20.8 Å². The summed E-state index contributed by atoms with van der Waals surface area (Å²) in [5.41, 5.74) is 7.52. The topological polar surface area (TPSA) is 63.1 Å². The summed E-state index contributed by atoms with van der Waals surface area (Å²) in [7, 11) is 0. The summed E-state index contributed by atoms with van der Waals surface area (Å²) in [5.74, 6) is -0.942. The SMILES string of the molecule is Cc1cc(C(=O)NNC(=O)CC(C)(C)C)c(C)n1-c1ccc(F)cc1. The van der Waals surface area contributed by atoms with E-state index in [0.717, 1.165) is 11.4 Å². The van der Waals surface area contributed by atoms with Crippen molar-refractivity contribution in [3.05, 3.63) is 53.1 Å². The second kappa shape index (κ2) is 7.09. The molecule has 0 aliphatic rings. The Morgan fingerprint density at radius 3 is 2.24 bits per heavy atom. The van der Waals surface area contributed by atoms with E-state index in [1.807, 2.05) is 39.2 Å². The Balaban J connectivity index is 2.15. The van der Waals surface area contributed by atoms with E-state index in [9.17, 15) is 14.0 Å². The number of carbonyl (C=O) groups excluding carboxylic acids is 2. The molecule has 0 spiro atoms. The number of carbonyl (C=O) groups is 2. The lowest BCUT2D eigenvalue weighted by atomic mass is 9.92. The fourth-order valence-electron chi connectivity index (χ4n) is 2.70. The van der Waals surface area contributed by atoms with Gasteiger partial charge in [0.15, 0.2) is 0 Å². The van der Waals surface area contributed by atoms with Crippen molar-refractivity contribution in [1.82, 2.24) is 15.4 Å². The zero-order valence-electron chi connectivity index (χ0n) is 15.2. The Labute approximate surface area is 147 Å². The van der Waals surface area contributed by atoms with E-state index < -0.39 is 0 Å². The summed E-state index contributed by atoms with van der Waals surface area (Å²) in [6, 6.07) is 7.80. The highest BCUT2D eigenvalue weighted by molar-refractivity contribution is 5.97. The van der Waals surface area contributed by atoms with Gasteiger partial charge in [-0.25, -0.2) is 4.39 Å². The average Bonchev–Trinajstić information content (AvgIpc) is 2.79. The molecule has 0 saturated carbocycles. The van der Waals surface area contributed by atoms with Gasteiger partial charge < -0.3 is 4.57 Å². The largest absolute Gasteiger partial charge is 0.318 e. The molecule has 0 aliphatic carbocycles. The molecular formula is C19H24FN3O2. The predicted octanol–water partition coefficient (Wildman–Crippen LogP) is 3.43. The molecule has 2 rings (SSSR count). The molecule has 1 aromatic heterocycles. The van der Waals surface area contributed by atoms with Gasteiger partial charge in [-0.15, -0.1) is 0 Å². The zero-order valence-corrected chi connectivity index (χ0v) is 15.2. The third-order valence-electron chi connectivity index (χ3n) is 3.77. The summed E-state index contributed by atoms with van der Waals surface area (Å²) >= 11 is 0. The Bertz CT molecular complexity index is 786. The number of amides is 2. The van der Waals surface area contributed by atoms with Crippen molar-refractivity contribution < 1.29 is 14.0 Å². The number of aryl methyl sites for hydroxylation is 1. The number of hydrogen-bond donors (Lipinski definition) is 2.